The number of hydrogen-bond donors (Lipinski definition) is 0. The highest BCUT2D eigenvalue weighted by Gasteiger charge is 2.15. The first-order valence-electron chi connectivity index (χ1n) is 8.13. The summed E-state index contributed by atoms with van der Waals surface area (Å²) in [6, 6.07) is 13.0. The fourth-order valence-electron chi connectivity index (χ4n) is 2.15. The van der Waals surface area contributed by atoms with Crippen LogP contribution in [0.2, 0.25) is 0 Å². The summed E-state index contributed by atoms with van der Waals surface area (Å²) in [5.41, 5.74) is -0.0892. The Morgan fingerprint density at radius 1 is 0.607 bits per heavy atom. The molecule has 0 radical (unpaired) electrons. The Morgan fingerprint density at radius 3 is 1.21 bits per heavy atom. The monoisotopic (exact) mass is 380 g/mol. The molecule has 0 saturated carbocycles. The van der Waals surface area contributed by atoms with Crippen molar-refractivity contribution in [2.45, 2.75) is 0 Å². The van der Waals surface area contributed by atoms with Crippen molar-refractivity contribution in [3.63, 3.8) is 0 Å². The lowest BCUT2D eigenvalue weighted by Gasteiger charge is -2.06. The molecule has 0 N–H and O–H groups in total. The number of benzene rings is 2. The molecule has 0 atom stereocenters. The first-order chi connectivity index (χ1) is 13.6. The number of hydrogen-bond acceptors (Lipinski definition) is 8. The van der Waals surface area contributed by atoms with Crippen LogP contribution in [0.25, 0.3) is 0 Å². The summed E-state index contributed by atoms with van der Waals surface area (Å²) < 4.78 is 20.5. The van der Waals surface area contributed by atoms with Crippen LogP contribution in [0.1, 0.15) is 21.0 Å². The van der Waals surface area contributed by atoms with Crippen LogP contribution >= 0.6 is 0 Å². The topological polar surface area (TPSA) is 96.8 Å². The van der Waals surface area contributed by atoms with Gasteiger partial charge in [-0.25, -0.2) is 19.6 Å². The maximum Gasteiger partial charge on any atom is 0.363 e. The van der Waals surface area contributed by atoms with Crippen LogP contribution in [-0.4, -0.2) is 36.1 Å². The van der Waals surface area contributed by atoms with Crippen LogP contribution in [0.15, 0.2) is 60.9 Å². The molecule has 1 aromatic heterocycles. The lowest BCUT2D eigenvalue weighted by molar-refractivity contribution is 0.0710. The summed E-state index contributed by atoms with van der Waals surface area (Å²) in [5, 5.41) is 0. The molecular weight excluding hydrogens is 364 g/mol. The Labute approximate surface area is 160 Å². The normalized spacial score (nSPS) is 10.1. The third-order valence-electron chi connectivity index (χ3n) is 3.61. The molecule has 0 aliphatic carbocycles. The van der Waals surface area contributed by atoms with Gasteiger partial charge in [0.15, 0.2) is 11.4 Å². The molecule has 1 heterocycles. The van der Waals surface area contributed by atoms with E-state index in [4.69, 9.17) is 18.9 Å². The van der Waals surface area contributed by atoms with Gasteiger partial charge in [-0.05, 0) is 48.5 Å². The minimum Gasteiger partial charge on any atom is -0.497 e. The first-order valence-corrected chi connectivity index (χ1v) is 8.13. The van der Waals surface area contributed by atoms with Gasteiger partial charge in [0.25, 0.3) is 0 Å². The zero-order valence-corrected chi connectivity index (χ0v) is 15.1. The number of nitrogens with zero attached hydrogens (tertiary/aromatic N) is 2. The molecule has 8 nitrogen and oxygen atoms in total. The molecule has 3 rings (SSSR count). The van der Waals surface area contributed by atoms with Gasteiger partial charge < -0.3 is 18.9 Å². The minimum absolute atomic E-state index is 0.0446. The van der Waals surface area contributed by atoms with Crippen molar-refractivity contribution >= 4 is 11.9 Å². The first kappa shape index (κ1) is 18.8. The maximum atomic E-state index is 12.1. The van der Waals surface area contributed by atoms with Crippen LogP contribution in [0.3, 0.4) is 0 Å². The Morgan fingerprint density at radius 2 is 0.929 bits per heavy atom. The zero-order valence-electron chi connectivity index (χ0n) is 15.1. The summed E-state index contributed by atoms with van der Waals surface area (Å²) in [6.07, 6.45) is 2.30. The average molecular weight is 380 g/mol. The second kappa shape index (κ2) is 8.63. The summed E-state index contributed by atoms with van der Waals surface area (Å²) in [5.74, 6) is 0.533. The largest absolute Gasteiger partial charge is 0.497 e. The number of ether oxygens (including phenoxy) is 4. The highest BCUT2D eigenvalue weighted by atomic mass is 16.5. The van der Waals surface area contributed by atoms with Gasteiger partial charge in [0.05, 0.1) is 26.6 Å². The number of rotatable bonds is 6. The van der Waals surface area contributed by atoms with Gasteiger partial charge in [0.2, 0.25) is 0 Å². The molecule has 0 aliphatic rings. The quantitative estimate of drug-likeness (QED) is 0.476. The fraction of sp³-hybridized carbons (Fsp3) is 0.100. The van der Waals surface area contributed by atoms with Gasteiger partial charge in [-0.1, -0.05) is 0 Å². The predicted molar refractivity (Wildman–Crippen MR) is 97.9 cm³/mol. The van der Waals surface area contributed by atoms with Gasteiger partial charge in [-0.15, -0.1) is 0 Å². The predicted octanol–water partition coefficient (Wildman–Crippen LogP) is 2.93. The number of methoxy groups -OCH3 is 2. The fourth-order valence-corrected chi connectivity index (χ4v) is 2.15. The van der Waals surface area contributed by atoms with Crippen LogP contribution in [0.5, 0.6) is 23.0 Å². The van der Waals surface area contributed by atoms with E-state index < -0.39 is 11.9 Å². The minimum atomic E-state index is -0.701. The average Bonchev–Trinajstić information content (AvgIpc) is 2.75. The summed E-state index contributed by atoms with van der Waals surface area (Å²) in [6.45, 7) is 0. The van der Waals surface area contributed by atoms with E-state index in [0.717, 1.165) is 12.4 Å². The van der Waals surface area contributed by atoms with Gasteiger partial charge in [0, 0.05) is 0 Å². The van der Waals surface area contributed by atoms with E-state index in [1.165, 1.54) is 14.2 Å². The van der Waals surface area contributed by atoms with Crippen molar-refractivity contribution in [3.8, 4) is 23.0 Å². The zero-order chi connectivity index (χ0) is 19.9. The molecule has 142 valence electrons. The third kappa shape index (κ3) is 4.61. The third-order valence-corrected chi connectivity index (χ3v) is 3.61. The standard InChI is InChI=1S/C20H16N2O6/c1-25-13-3-7-15(8-4-13)27-19(23)17-11-22-18(12-21-17)20(24)28-16-9-5-14(26-2)6-10-16/h3-12H,1-2H3. The van der Waals surface area contributed by atoms with Crippen molar-refractivity contribution < 1.29 is 28.5 Å². The van der Waals surface area contributed by atoms with E-state index in [1.807, 2.05) is 0 Å². The maximum absolute atomic E-state index is 12.1. The molecule has 8 heteroatoms. The molecule has 0 saturated heterocycles. The summed E-state index contributed by atoms with van der Waals surface area (Å²) in [4.78, 5) is 32.1. The van der Waals surface area contributed by atoms with E-state index in [2.05, 4.69) is 9.97 Å². The molecule has 0 bridgehead atoms. The number of esters is 2. The molecular formula is C20H16N2O6. The van der Waals surface area contributed by atoms with Crippen LogP contribution in [-0.2, 0) is 0 Å². The number of aromatic nitrogens is 2. The molecule has 0 fully saturated rings. The molecule has 0 amide bonds. The van der Waals surface area contributed by atoms with Crippen molar-refractivity contribution in [1.82, 2.24) is 9.97 Å². The molecule has 3 aromatic rings. The lowest BCUT2D eigenvalue weighted by atomic mass is 10.3. The highest BCUT2D eigenvalue weighted by molar-refractivity contribution is 5.91. The molecule has 0 aliphatic heterocycles. The Balaban J connectivity index is 1.62. The van der Waals surface area contributed by atoms with Crippen LogP contribution < -0.4 is 18.9 Å². The molecule has 2 aromatic carbocycles. The Kier molecular flexibility index (Phi) is 5.81. The van der Waals surface area contributed by atoms with Crippen molar-refractivity contribution in [2.24, 2.45) is 0 Å². The van der Waals surface area contributed by atoms with Crippen molar-refractivity contribution in [2.75, 3.05) is 14.2 Å². The summed E-state index contributed by atoms with van der Waals surface area (Å²) >= 11 is 0. The number of carbonyl (C=O) groups excluding carboxylic acids is 2. The highest BCUT2D eigenvalue weighted by Crippen LogP contribution is 2.19. The lowest BCUT2D eigenvalue weighted by Crippen LogP contribution is -2.15. The molecule has 0 unspecified atom stereocenters. The summed E-state index contributed by atoms with van der Waals surface area (Å²) in [7, 11) is 3.08. The van der Waals surface area contributed by atoms with Gasteiger partial charge in [-0.2, -0.15) is 0 Å². The van der Waals surface area contributed by atoms with Crippen LogP contribution in [0, 0.1) is 0 Å². The second-order valence-electron chi connectivity index (χ2n) is 5.42. The smallest absolute Gasteiger partial charge is 0.363 e. The SMILES string of the molecule is COc1ccc(OC(=O)c2cnc(C(=O)Oc3ccc(OC)cc3)cn2)cc1. The second-order valence-corrected chi connectivity index (χ2v) is 5.42. The van der Waals surface area contributed by atoms with E-state index in [1.54, 1.807) is 48.5 Å². The van der Waals surface area contributed by atoms with E-state index in [-0.39, 0.29) is 11.4 Å². The Hall–Kier alpha value is -3.94. The molecule has 28 heavy (non-hydrogen) atoms. The van der Waals surface area contributed by atoms with Gasteiger partial charge >= 0.3 is 11.9 Å². The van der Waals surface area contributed by atoms with E-state index >= 15 is 0 Å². The Bertz CT molecular complexity index is 873. The number of carbonyl (C=O) groups is 2. The van der Waals surface area contributed by atoms with Crippen LogP contribution in [0.4, 0.5) is 0 Å². The van der Waals surface area contributed by atoms with Crippen molar-refractivity contribution in [1.29, 1.82) is 0 Å². The van der Waals surface area contributed by atoms with Crippen molar-refractivity contribution in [3.05, 3.63) is 72.3 Å². The molecule has 0 spiro atoms. The van der Waals surface area contributed by atoms with E-state index in [0.29, 0.717) is 23.0 Å². The van der Waals surface area contributed by atoms with E-state index in [9.17, 15) is 9.59 Å². The van der Waals surface area contributed by atoms with Gasteiger partial charge in [0.1, 0.15) is 23.0 Å². The van der Waals surface area contributed by atoms with Gasteiger partial charge in [-0.3, -0.25) is 0 Å².